The summed E-state index contributed by atoms with van der Waals surface area (Å²) < 4.78 is 0. The molecule has 1 fully saturated rings. The Labute approximate surface area is 134 Å². The fourth-order valence-electron chi connectivity index (χ4n) is 3.06. The summed E-state index contributed by atoms with van der Waals surface area (Å²) in [5.74, 6) is -1.06. The Kier molecular flexibility index (Phi) is 5.31. The zero-order valence-electron chi connectivity index (χ0n) is 13.0. The zero-order chi connectivity index (χ0) is 17.0. The molecule has 0 aromatic heterocycles. The molecule has 0 spiro atoms. The van der Waals surface area contributed by atoms with E-state index in [2.05, 4.69) is 0 Å². The molecule has 0 bridgehead atoms. The van der Waals surface area contributed by atoms with Crippen molar-refractivity contribution < 1.29 is 19.6 Å². The number of para-hydroxylation sites is 1. The molecule has 1 aromatic carbocycles. The first-order valence-corrected chi connectivity index (χ1v) is 7.65. The molecule has 0 saturated carbocycles. The van der Waals surface area contributed by atoms with E-state index in [0.29, 0.717) is 25.1 Å². The molecular weight excluding hydrogens is 300 g/mol. The Morgan fingerprint density at radius 3 is 2.83 bits per heavy atom. The normalized spacial score (nSPS) is 17.8. The van der Waals surface area contributed by atoms with Crippen LogP contribution in [0.4, 0.5) is 5.69 Å². The molecule has 0 radical (unpaired) electrons. The minimum absolute atomic E-state index is 0.0806. The van der Waals surface area contributed by atoms with Crippen molar-refractivity contribution in [3.05, 3.63) is 39.4 Å². The summed E-state index contributed by atoms with van der Waals surface area (Å²) in [5.41, 5.74) is 0.416. The number of hydrogen-bond acceptors (Lipinski definition) is 4. The van der Waals surface area contributed by atoms with Crippen LogP contribution in [0.1, 0.15) is 41.6 Å². The van der Waals surface area contributed by atoms with E-state index in [9.17, 15) is 19.7 Å². The number of carbonyl (C=O) groups excluding carboxylic acids is 1. The van der Waals surface area contributed by atoms with Gasteiger partial charge in [-0.1, -0.05) is 12.1 Å². The van der Waals surface area contributed by atoms with Crippen molar-refractivity contribution in [3.63, 3.8) is 0 Å². The molecule has 1 heterocycles. The van der Waals surface area contributed by atoms with Crippen LogP contribution in [0.2, 0.25) is 0 Å². The smallest absolute Gasteiger partial charge is 0.303 e. The molecule has 1 saturated heterocycles. The van der Waals surface area contributed by atoms with E-state index in [1.165, 1.54) is 6.07 Å². The van der Waals surface area contributed by atoms with Gasteiger partial charge in [0.2, 0.25) is 0 Å². The minimum Gasteiger partial charge on any atom is -0.481 e. The third-order valence-corrected chi connectivity index (χ3v) is 4.22. The number of likely N-dealkylation sites (tertiary alicyclic amines) is 1. The summed E-state index contributed by atoms with van der Waals surface area (Å²) in [6.45, 7) is 2.62. The molecular formula is C16H20N2O5. The number of piperidine rings is 1. The van der Waals surface area contributed by atoms with E-state index >= 15 is 0 Å². The molecule has 124 valence electrons. The monoisotopic (exact) mass is 320 g/mol. The van der Waals surface area contributed by atoms with Gasteiger partial charge in [-0.2, -0.15) is 0 Å². The lowest BCUT2D eigenvalue weighted by atomic mass is 9.93. The second-order valence-electron chi connectivity index (χ2n) is 5.92. The number of carboxylic acids is 1. The van der Waals surface area contributed by atoms with E-state index < -0.39 is 10.9 Å². The highest BCUT2D eigenvalue weighted by molar-refractivity contribution is 5.98. The van der Waals surface area contributed by atoms with Crippen LogP contribution >= 0.6 is 0 Å². The van der Waals surface area contributed by atoms with Gasteiger partial charge in [0, 0.05) is 25.1 Å². The van der Waals surface area contributed by atoms with Crippen molar-refractivity contribution in [3.8, 4) is 0 Å². The third-order valence-electron chi connectivity index (χ3n) is 4.22. The Balaban J connectivity index is 2.15. The van der Waals surface area contributed by atoms with Gasteiger partial charge >= 0.3 is 5.97 Å². The lowest BCUT2D eigenvalue weighted by Crippen LogP contribution is -2.40. The molecule has 1 aromatic rings. The Morgan fingerprint density at radius 2 is 2.17 bits per heavy atom. The number of carbonyl (C=O) groups is 2. The van der Waals surface area contributed by atoms with Gasteiger partial charge in [0.15, 0.2) is 0 Å². The van der Waals surface area contributed by atoms with E-state index in [-0.39, 0.29) is 29.5 Å². The second-order valence-corrected chi connectivity index (χ2v) is 5.92. The molecule has 1 aliphatic heterocycles. The molecule has 2 rings (SSSR count). The standard InChI is InChI=1S/C16H20N2O5/c1-11-4-2-6-13(15(11)18(22)23)16(21)17-9-3-5-12(10-17)7-8-14(19)20/h2,4,6,12H,3,5,7-10H2,1H3,(H,19,20). The summed E-state index contributed by atoms with van der Waals surface area (Å²) in [4.78, 5) is 35.7. The molecule has 23 heavy (non-hydrogen) atoms. The number of aliphatic carboxylic acids is 1. The molecule has 1 N–H and O–H groups in total. The van der Waals surface area contributed by atoms with Crippen LogP contribution in [-0.2, 0) is 4.79 Å². The number of benzene rings is 1. The molecule has 7 heteroatoms. The molecule has 1 aliphatic rings. The van der Waals surface area contributed by atoms with E-state index in [4.69, 9.17) is 5.11 Å². The van der Waals surface area contributed by atoms with Crippen molar-refractivity contribution in [2.75, 3.05) is 13.1 Å². The quantitative estimate of drug-likeness (QED) is 0.664. The van der Waals surface area contributed by atoms with Crippen molar-refractivity contribution in [2.24, 2.45) is 5.92 Å². The van der Waals surface area contributed by atoms with Crippen LogP contribution < -0.4 is 0 Å². The van der Waals surface area contributed by atoms with E-state index in [0.717, 1.165) is 12.8 Å². The van der Waals surface area contributed by atoms with Crippen LogP contribution in [0, 0.1) is 23.0 Å². The Bertz CT molecular complexity index is 629. The third kappa shape index (κ3) is 4.06. The number of aryl methyl sites for hydroxylation is 1. The van der Waals surface area contributed by atoms with Crippen LogP contribution in [0.15, 0.2) is 18.2 Å². The molecule has 1 unspecified atom stereocenters. The first-order valence-electron chi connectivity index (χ1n) is 7.65. The van der Waals surface area contributed by atoms with Crippen molar-refractivity contribution in [2.45, 2.75) is 32.6 Å². The maximum absolute atomic E-state index is 12.7. The van der Waals surface area contributed by atoms with Gasteiger partial charge in [0.25, 0.3) is 11.6 Å². The van der Waals surface area contributed by atoms with Crippen LogP contribution in [0.5, 0.6) is 0 Å². The number of nitrogens with zero attached hydrogens (tertiary/aromatic N) is 2. The summed E-state index contributed by atoms with van der Waals surface area (Å²) in [6.07, 6.45) is 2.27. The van der Waals surface area contributed by atoms with E-state index in [1.54, 1.807) is 24.0 Å². The van der Waals surface area contributed by atoms with Gasteiger partial charge in [0.05, 0.1) is 4.92 Å². The fraction of sp³-hybridized carbons (Fsp3) is 0.500. The maximum Gasteiger partial charge on any atom is 0.303 e. The van der Waals surface area contributed by atoms with Gasteiger partial charge in [-0.15, -0.1) is 0 Å². The zero-order valence-corrected chi connectivity index (χ0v) is 13.0. The summed E-state index contributed by atoms with van der Waals surface area (Å²) in [6, 6.07) is 4.73. The van der Waals surface area contributed by atoms with Gasteiger partial charge < -0.3 is 10.0 Å². The highest BCUT2D eigenvalue weighted by Gasteiger charge is 2.29. The number of amides is 1. The van der Waals surface area contributed by atoms with Crippen molar-refractivity contribution in [1.29, 1.82) is 0 Å². The van der Waals surface area contributed by atoms with Crippen LogP contribution in [0.3, 0.4) is 0 Å². The van der Waals surface area contributed by atoms with Gasteiger partial charge in [-0.3, -0.25) is 19.7 Å². The Morgan fingerprint density at radius 1 is 1.43 bits per heavy atom. The average molecular weight is 320 g/mol. The summed E-state index contributed by atoms with van der Waals surface area (Å²) >= 11 is 0. The SMILES string of the molecule is Cc1cccc(C(=O)N2CCCC(CCC(=O)O)C2)c1[N+](=O)[O-]. The lowest BCUT2D eigenvalue weighted by molar-refractivity contribution is -0.385. The van der Waals surface area contributed by atoms with Gasteiger partial charge in [0.1, 0.15) is 5.56 Å². The topological polar surface area (TPSA) is 101 Å². The number of rotatable bonds is 5. The van der Waals surface area contributed by atoms with Gasteiger partial charge in [-0.25, -0.2) is 0 Å². The number of hydrogen-bond donors (Lipinski definition) is 1. The van der Waals surface area contributed by atoms with Gasteiger partial charge in [-0.05, 0) is 38.2 Å². The first kappa shape index (κ1) is 16.9. The molecule has 1 atom stereocenters. The Hall–Kier alpha value is -2.44. The maximum atomic E-state index is 12.7. The fourth-order valence-corrected chi connectivity index (χ4v) is 3.06. The highest BCUT2D eigenvalue weighted by atomic mass is 16.6. The van der Waals surface area contributed by atoms with Crippen molar-refractivity contribution >= 4 is 17.6 Å². The van der Waals surface area contributed by atoms with Crippen LogP contribution in [0.25, 0.3) is 0 Å². The molecule has 0 aliphatic carbocycles. The molecule has 1 amide bonds. The summed E-state index contributed by atoms with van der Waals surface area (Å²) in [5, 5.41) is 20.0. The van der Waals surface area contributed by atoms with Crippen molar-refractivity contribution in [1.82, 2.24) is 4.90 Å². The second kappa shape index (κ2) is 7.21. The largest absolute Gasteiger partial charge is 0.481 e. The van der Waals surface area contributed by atoms with E-state index in [1.807, 2.05) is 0 Å². The highest BCUT2D eigenvalue weighted by Crippen LogP contribution is 2.27. The predicted molar refractivity (Wildman–Crippen MR) is 83.3 cm³/mol. The number of nitro groups is 1. The predicted octanol–water partition coefficient (Wildman–Crippen LogP) is 2.62. The minimum atomic E-state index is -0.845. The first-order chi connectivity index (χ1) is 10.9. The average Bonchev–Trinajstić information content (AvgIpc) is 2.52. The lowest BCUT2D eigenvalue weighted by Gasteiger charge is -2.32. The molecule has 7 nitrogen and oxygen atoms in total. The number of nitro benzene ring substituents is 1. The number of carboxylic acid groups (broad SMARTS) is 1. The summed E-state index contributed by atoms with van der Waals surface area (Å²) in [7, 11) is 0. The van der Waals surface area contributed by atoms with Crippen LogP contribution in [-0.4, -0.2) is 39.9 Å².